The molecule has 4 nitrogen and oxygen atoms in total. The molecule has 0 N–H and O–H groups in total. The van der Waals surface area contributed by atoms with Crippen molar-refractivity contribution in [3.05, 3.63) is 124 Å². The minimum absolute atomic E-state index is 0.282. The van der Waals surface area contributed by atoms with Gasteiger partial charge in [0.1, 0.15) is 0 Å². The summed E-state index contributed by atoms with van der Waals surface area (Å²) in [7, 11) is 1.70. The molecule has 179 valence electrons. The summed E-state index contributed by atoms with van der Waals surface area (Å²) in [6.07, 6.45) is 4.44. The Morgan fingerprint density at radius 1 is 0.714 bits per heavy atom. The number of ether oxygens (including phenoxy) is 1. The van der Waals surface area contributed by atoms with Gasteiger partial charge in [0.25, 0.3) is 0 Å². The van der Waals surface area contributed by atoms with E-state index < -0.39 is 0 Å². The summed E-state index contributed by atoms with van der Waals surface area (Å²) in [5.74, 6) is 0.857. The van der Waals surface area contributed by atoms with Gasteiger partial charge in [-0.05, 0) is 0 Å². The zero-order valence-corrected chi connectivity index (χ0v) is 21.0. The van der Waals surface area contributed by atoms with Gasteiger partial charge < -0.3 is 0 Å². The number of rotatable bonds is 5. The van der Waals surface area contributed by atoms with E-state index in [9.17, 15) is 0 Å². The summed E-state index contributed by atoms with van der Waals surface area (Å²) >= 11 is 4.02. The van der Waals surface area contributed by atoms with Crippen LogP contribution in [0.5, 0.6) is 5.75 Å². The van der Waals surface area contributed by atoms with Gasteiger partial charge in [0, 0.05) is 0 Å². The number of pyridine rings is 1. The molecule has 0 spiro atoms. The second kappa shape index (κ2) is 9.39. The fraction of sp³-hybridized carbons (Fsp3) is 0.167. The summed E-state index contributed by atoms with van der Waals surface area (Å²) in [6.45, 7) is 0. The molecule has 6 rings (SSSR count). The van der Waals surface area contributed by atoms with Gasteiger partial charge in [0.05, 0.1) is 0 Å². The summed E-state index contributed by atoms with van der Waals surface area (Å²) in [4.78, 5) is 0. The van der Waals surface area contributed by atoms with E-state index >= 15 is 0 Å². The zero-order chi connectivity index (χ0) is 23.8. The Hall–Kier alpha value is -3.31. The van der Waals surface area contributed by atoms with Crippen molar-refractivity contribution in [3.8, 4) is 17.0 Å². The van der Waals surface area contributed by atoms with Crippen LogP contribution < -0.4 is 9.75 Å². The topological polar surface area (TPSA) is 21.8 Å². The SMILES string of the molecule is COc1ccc(-c2cccc3cn(N4[C@H](c5ccccc5)CC[C@H]4c4ccccc4)[c](=[Ag])n23)cc1. The fourth-order valence-corrected chi connectivity index (χ4v) is 5.95. The van der Waals surface area contributed by atoms with Crippen LogP contribution >= 0.6 is 0 Å². The number of hydrogen-bond donors (Lipinski definition) is 0. The normalized spacial score (nSPS) is 17.7. The standard InChI is InChI=1S/C30H27N3O.Ag/c1-34-27-17-15-25(16-18-27)28-14-8-13-26-21-31(22-32(26)28)33-29(23-9-4-2-5-10-23)19-20-30(33)24-11-6-3-7-12-24;/h2-18,21,29-30H,19-20H2,1H3;/t29-,30-;/m0./s1. The number of fused-ring (bicyclic) bond motifs is 1. The molecule has 2 aromatic heterocycles. The van der Waals surface area contributed by atoms with Crippen LogP contribution in [0.15, 0.2) is 109 Å². The average molecular weight is 553 g/mol. The van der Waals surface area contributed by atoms with Crippen molar-refractivity contribution in [1.29, 1.82) is 0 Å². The third kappa shape index (κ3) is 3.98. The Kier molecular flexibility index (Phi) is 5.95. The maximum absolute atomic E-state index is 5.37. The molecule has 3 aromatic carbocycles. The van der Waals surface area contributed by atoms with E-state index in [0.29, 0.717) is 0 Å². The predicted octanol–water partition coefficient (Wildman–Crippen LogP) is 6.71. The van der Waals surface area contributed by atoms with E-state index in [2.05, 4.69) is 132 Å². The van der Waals surface area contributed by atoms with Crippen LogP contribution in [0, 0.1) is 3.63 Å². The van der Waals surface area contributed by atoms with Crippen LogP contribution in [-0.2, 0) is 20.6 Å². The summed E-state index contributed by atoms with van der Waals surface area (Å²) in [5, 5.41) is 2.54. The van der Waals surface area contributed by atoms with Crippen molar-refractivity contribution < 1.29 is 25.3 Å². The van der Waals surface area contributed by atoms with Crippen molar-refractivity contribution in [2.45, 2.75) is 24.9 Å². The molecule has 0 aliphatic carbocycles. The van der Waals surface area contributed by atoms with Gasteiger partial charge in [-0.3, -0.25) is 0 Å². The summed E-state index contributed by atoms with van der Waals surface area (Å²) in [5.41, 5.74) is 6.09. The van der Waals surface area contributed by atoms with Gasteiger partial charge in [0.15, 0.2) is 0 Å². The number of methoxy groups -OCH3 is 1. The van der Waals surface area contributed by atoms with Gasteiger partial charge in [-0.15, -0.1) is 0 Å². The Morgan fingerprint density at radius 3 is 1.89 bits per heavy atom. The van der Waals surface area contributed by atoms with E-state index in [1.807, 2.05) is 12.1 Å². The zero-order valence-electron chi connectivity index (χ0n) is 19.5. The third-order valence-corrected chi connectivity index (χ3v) is 7.64. The van der Waals surface area contributed by atoms with Crippen LogP contribution in [0.1, 0.15) is 36.1 Å². The van der Waals surface area contributed by atoms with Gasteiger partial charge in [-0.1, -0.05) is 0 Å². The monoisotopic (exact) mass is 552 g/mol. The Balaban J connectivity index is 1.52. The van der Waals surface area contributed by atoms with Gasteiger partial charge >= 0.3 is 218 Å². The van der Waals surface area contributed by atoms with Crippen LogP contribution in [0.2, 0.25) is 0 Å². The van der Waals surface area contributed by atoms with Crippen molar-refractivity contribution >= 4 is 5.52 Å². The molecule has 0 radical (unpaired) electrons. The molecule has 35 heavy (non-hydrogen) atoms. The van der Waals surface area contributed by atoms with E-state index in [0.717, 1.165) is 39.0 Å². The summed E-state index contributed by atoms with van der Waals surface area (Å²) in [6, 6.07) is 37.0. The molecule has 1 fully saturated rings. The first kappa shape index (κ1) is 22.2. The first-order chi connectivity index (χ1) is 17.2. The van der Waals surface area contributed by atoms with Crippen LogP contribution in [0.4, 0.5) is 0 Å². The summed E-state index contributed by atoms with van der Waals surface area (Å²) < 4.78 is 11.0. The Morgan fingerprint density at radius 2 is 1.31 bits per heavy atom. The van der Waals surface area contributed by atoms with Crippen molar-refractivity contribution in [2.24, 2.45) is 0 Å². The number of aromatic nitrogens is 2. The number of nitrogens with zero attached hydrogens (tertiary/aromatic N) is 3. The second-order valence-electron chi connectivity index (χ2n) is 8.92. The molecule has 0 bridgehead atoms. The van der Waals surface area contributed by atoms with E-state index in [-0.39, 0.29) is 12.1 Å². The van der Waals surface area contributed by atoms with Crippen molar-refractivity contribution in [2.75, 3.05) is 12.1 Å². The van der Waals surface area contributed by atoms with Crippen LogP contribution in [-0.4, -0.2) is 16.2 Å². The molecule has 3 heterocycles. The van der Waals surface area contributed by atoms with E-state index in [1.54, 1.807) is 7.11 Å². The quantitative estimate of drug-likeness (QED) is 0.226. The van der Waals surface area contributed by atoms with Gasteiger partial charge in [-0.2, -0.15) is 0 Å². The van der Waals surface area contributed by atoms with Crippen molar-refractivity contribution in [3.63, 3.8) is 0 Å². The first-order valence-electron chi connectivity index (χ1n) is 12.0. The van der Waals surface area contributed by atoms with E-state index in [4.69, 9.17) is 4.74 Å². The molecule has 1 aliphatic rings. The predicted molar refractivity (Wildman–Crippen MR) is 136 cm³/mol. The van der Waals surface area contributed by atoms with Gasteiger partial charge in [-0.25, -0.2) is 0 Å². The molecule has 5 heteroatoms. The molecule has 1 aliphatic heterocycles. The van der Waals surface area contributed by atoms with Crippen LogP contribution in [0.25, 0.3) is 16.8 Å². The van der Waals surface area contributed by atoms with Gasteiger partial charge in [0.2, 0.25) is 0 Å². The maximum atomic E-state index is 5.37. The Bertz CT molecular complexity index is 1460. The molecule has 0 amide bonds. The second-order valence-corrected chi connectivity index (χ2v) is 9.58. The molecular formula is C30H27AgN3O. The molecular weight excluding hydrogens is 526 g/mol. The molecule has 2 atom stereocenters. The fourth-order valence-electron chi connectivity index (χ4n) is 5.32. The third-order valence-electron chi connectivity index (χ3n) is 6.97. The number of benzene rings is 3. The minimum atomic E-state index is 0.282. The van der Waals surface area contributed by atoms with Crippen LogP contribution in [0.3, 0.4) is 0 Å². The molecule has 0 saturated carbocycles. The van der Waals surface area contributed by atoms with E-state index in [1.165, 1.54) is 11.1 Å². The first-order valence-corrected chi connectivity index (χ1v) is 12.7. The average Bonchev–Trinajstić information content (AvgIpc) is 3.51. The molecule has 1 saturated heterocycles. The van der Waals surface area contributed by atoms with Crippen molar-refractivity contribution in [1.82, 2.24) is 9.08 Å². The number of hydrogen-bond acceptors (Lipinski definition) is 2. The Labute approximate surface area is 217 Å². The molecule has 5 aromatic rings. The number of imidazole rings is 1. The molecule has 0 unspecified atom stereocenters.